The zero-order valence-electron chi connectivity index (χ0n) is 14.9. The van der Waals surface area contributed by atoms with Gasteiger partial charge in [-0.1, -0.05) is 24.3 Å². The van der Waals surface area contributed by atoms with Gasteiger partial charge >= 0.3 is 0 Å². The molecular weight excluding hydrogens is 334 g/mol. The highest BCUT2D eigenvalue weighted by Crippen LogP contribution is 2.27. The van der Waals surface area contributed by atoms with Crippen molar-refractivity contribution in [2.24, 2.45) is 0 Å². The third kappa shape index (κ3) is 4.60. The molecule has 7 nitrogen and oxygen atoms in total. The van der Waals surface area contributed by atoms with Gasteiger partial charge in [-0.2, -0.15) is 0 Å². The van der Waals surface area contributed by atoms with Crippen molar-refractivity contribution in [3.8, 4) is 0 Å². The maximum absolute atomic E-state index is 12.4. The fourth-order valence-corrected chi connectivity index (χ4v) is 3.83. The molecule has 7 heteroatoms. The van der Waals surface area contributed by atoms with Crippen LogP contribution in [0.25, 0.3) is 0 Å². The van der Waals surface area contributed by atoms with Gasteiger partial charge in [0.05, 0.1) is 32.3 Å². The zero-order valence-corrected chi connectivity index (χ0v) is 14.9. The Bertz CT molecular complexity index is 612. The zero-order chi connectivity index (χ0) is 18.4. The van der Waals surface area contributed by atoms with Gasteiger partial charge in [0.25, 0.3) is 0 Å². The lowest BCUT2D eigenvalue weighted by Crippen LogP contribution is -2.59. The SMILES string of the molecule is O=C(C[C@H]1C(=O)NCCN1C1Cc2ccccc2C1)NCCOCCO. The number of benzene rings is 1. The molecule has 1 heterocycles. The molecule has 142 valence electrons. The molecule has 3 rings (SSSR count). The molecular formula is C19H27N3O4. The highest BCUT2D eigenvalue weighted by Gasteiger charge is 2.37. The Balaban J connectivity index is 1.55. The van der Waals surface area contributed by atoms with E-state index in [2.05, 4.69) is 27.7 Å². The minimum Gasteiger partial charge on any atom is -0.394 e. The maximum Gasteiger partial charge on any atom is 0.237 e. The Morgan fingerprint density at radius 3 is 2.69 bits per heavy atom. The number of nitrogens with zero attached hydrogens (tertiary/aromatic N) is 1. The molecule has 0 unspecified atom stereocenters. The second-order valence-electron chi connectivity index (χ2n) is 6.77. The summed E-state index contributed by atoms with van der Waals surface area (Å²) in [4.78, 5) is 26.8. The van der Waals surface area contributed by atoms with Gasteiger partial charge in [0.15, 0.2) is 0 Å². The molecule has 1 atom stereocenters. The summed E-state index contributed by atoms with van der Waals surface area (Å²) in [5, 5.41) is 14.3. The van der Waals surface area contributed by atoms with E-state index in [9.17, 15) is 9.59 Å². The molecule has 3 N–H and O–H groups in total. The van der Waals surface area contributed by atoms with E-state index in [0.717, 1.165) is 19.4 Å². The van der Waals surface area contributed by atoms with Gasteiger partial charge < -0.3 is 20.5 Å². The molecule has 0 bridgehead atoms. The van der Waals surface area contributed by atoms with Crippen molar-refractivity contribution in [2.75, 3.05) is 39.5 Å². The molecule has 0 radical (unpaired) electrons. The van der Waals surface area contributed by atoms with Crippen molar-refractivity contribution in [1.82, 2.24) is 15.5 Å². The van der Waals surface area contributed by atoms with E-state index >= 15 is 0 Å². The van der Waals surface area contributed by atoms with Crippen LogP contribution in [0.15, 0.2) is 24.3 Å². The lowest BCUT2D eigenvalue weighted by molar-refractivity contribution is -0.135. The third-order valence-electron chi connectivity index (χ3n) is 5.05. The molecule has 0 spiro atoms. The van der Waals surface area contributed by atoms with E-state index in [1.165, 1.54) is 11.1 Å². The molecule has 2 aliphatic rings. The van der Waals surface area contributed by atoms with Crippen molar-refractivity contribution >= 4 is 11.8 Å². The number of ether oxygens (including phenoxy) is 1. The first kappa shape index (κ1) is 18.8. The Morgan fingerprint density at radius 1 is 1.27 bits per heavy atom. The Hall–Kier alpha value is -1.96. The quantitative estimate of drug-likeness (QED) is 0.542. The van der Waals surface area contributed by atoms with Crippen LogP contribution in [0.5, 0.6) is 0 Å². The molecule has 26 heavy (non-hydrogen) atoms. The summed E-state index contributed by atoms with van der Waals surface area (Å²) >= 11 is 0. The highest BCUT2D eigenvalue weighted by molar-refractivity contribution is 5.88. The van der Waals surface area contributed by atoms with E-state index in [4.69, 9.17) is 9.84 Å². The van der Waals surface area contributed by atoms with E-state index in [0.29, 0.717) is 19.7 Å². The molecule has 1 aliphatic carbocycles. The third-order valence-corrected chi connectivity index (χ3v) is 5.05. The Kier molecular flexibility index (Phi) is 6.60. The van der Waals surface area contributed by atoms with E-state index < -0.39 is 6.04 Å². The minimum atomic E-state index is -0.429. The topological polar surface area (TPSA) is 90.9 Å². The molecule has 2 amide bonds. The average molecular weight is 361 g/mol. The van der Waals surface area contributed by atoms with Gasteiger partial charge in [-0.3, -0.25) is 14.5 Å². The Morgan fingerprint density at radius 2 is 2.00 bits per heavy atom. The van der Waals surface area contributed by atoms with Gasteiger partial charge in [0.1, 0.15) is 0 Å². The highest BCUT2D eigenvalue weighted by atomic mass is 16.5. The molecule has 1 saturated heterocycles. The van der Waals surface area contributed by atoms with Gasteiger partial charge in [0.2, 0.25) is 11.8 Å². The van der Waals surface area contributed by atoms with Gasteiger partial charge in [-0.05, 0) is 24.0 Å². The monoisotopic (exact) mass is 361 g/mol. The smallest absolute Gasteiger partial charge is 0.237 e. The van der Waals surface area contributed by atoms with Gasteiger partial charge in [0, 0.05) is 25.7 Å². The predicted octanol–water partition coefficient (Wildman–Crippen LogP) is -0.531. The number of fused-ring (bicyclic) bond motifs is 1. The summed E-state index contributed by atoms with van der Waals surface area (Å²) in [6, 6.07) is 8.23. The fraction of sp³-hybridized carbons (Fsp3) is 0.579. The van der Waals surface area contributed by atoms with Crippen molar-refractivity contribution in [1.29, 1.82) is 0 Å². The molecule has 1 fully saturated rings. The van der Waals surface area contributed by atoms with Gasteiger partial charge in [-0.15, -0.1) is 0 Å². The van der Waals surface area contributed by atoms with Crippen molar-refractivity contribution in [3.63, 3.8) is 0 Å². The number of amides is 2. The van der Waals surface area contributed by atoms with Crippen LogP contribution in [-0.2, 0) is 27.2 Å². The Labute approximate surface area is 153 Å². The van der Waals surface area contributed by atoms with Crippen LogP contribution in [-0.4, -0.2) is 73.4 Å². The number of hydrogen-bond donors (Lipinski definition) is 3. The summed E-state index contributed by atoms with van der Waals surface area (Å²) < 4.78 is 5.13. The minimum absolute atomic E-state index is 0.0328. The van der Waals surface area contributed by atoms with Crippen molar-refractivity contribution in [2.45, 2.75) is 31.3 Å². The standard InChI is InChI=1S/C19H27N3O4/c23-8-10-26-9-6-20-18(24)13-17-19(25)21-5-7-22(17)16-11-14-3-1-2-4-15(14)12-16/h1-4,16-17,23H,5-13H2,(H,20,24)(H,21,25)/t17-/m0/s1. The normalized spacial score (nSPS) is 20.7. The lowest BCUT2D eigenvalue weighted by Gasteiger charge is -2.38. The second-order valence-corrected chi connectivity index (χ2v) is 6.77. The van der Waals surface area contributed by atoms with Crippen LogP contribution in [0, 0.1) is 0 Å². The van der Waals surface area contributed by atoms with Crippen molar-refractivity contribution < 1.29 is 19.4 Å². The predicted molar refractivity (Wildman–Crippen MR) is 96.7 cm³/mol. The van der Waals surface area contributed by atoms with Crippen molar-refractivity contribution in [3.05, 3.63) is 35.4 Å². The van der Waals surface area contributed by atoms with Crippen LogP contribution >= 0.6 is 0 Å². The van der Waals surface area contributed by atoms with E-state index in [1.807, 2.05) is 12.1 Å². The average Bonchev–Trinajstić information content (AvgIpc) is 3.07. The number of rotatable bonds is 8. The van der Waals surface area contributed by atoms with Crippen LogP contribution < -0.4 is 10.6 Å². The molecule has 1 aliphatic heterocycles. The van der Waals surface area contributed by atoms with E-state index in [-0.39, 0.29) is 37.5 Å². The summed E-state index contributed by atoms with van der Waals surface area (Å²) in [6.45, 7) is 2.35. The number of piperazine rings is 1. The molecule has 1 aromatic rings. The summed E-state index contributed by atoms with van der Waals surface area (Å²) in [7, 11) is 0. The van der Waals surface area contributed by atoms with Crippen LogP contribution in [0.4, 0.5) is 0 Å². The summed E-state index contributed by atoms with van der Waals surface area (Å²) in [5.41, 5.74) is 2.68. The molecule has 0 saturated carbocycles. The summed E-state index contributed by atoms with van der Waals surface area (Å²) in [6.07, 6.45) is 2.01. The fourth-order valence-electron chi connectivity index (χ4n) is 3.83. The maximum atomic E-state index is 12.4. The van der Waals surface area contributed by atoms with Crippen LogP contribution in [0.1, 0.15) is 17.5 Å². The first-order chi connectivity index (χ1) is 12.7. The number of carbonyl (C=O) groups excluding carboxylic acids is 2. The second kappa shape index (κ2) is 9.12. The first-order valence-electron chi connectivity index (χ1n) is 9.24. The number of carbonyl (C=O) groups is 2. The number of nitrogens with one attached hydrogen (secondary N) is 2. The van der Waals surface area contributed by atoms with Crippen LogP contribution in [0.3, 0.4) is 0 Å². The largest absolute Gasteiger partial charge is 0.394 e. The molecule has 0 aromatic heterocycles. The van der Waals surface area contributed by atoms with E-state index in [1.54, 1.807) is 0 Å². The number of aliphatic hydroxyl groups is 1. The number of hydrogen-bond acceptors (Lipinski definition) is 5. The molecule has 1 aromatic carbocycles. The van der Waals surface area contributed by atoms with Gasteiger partial charge in [-0.25, -0.2) is 0 Å². The summed E-state index contributed by atoms with van der Waals surface area (Å²) in [5.74, 6) is -0.223. The lowest BCUT2D eigenvalue weighted by atomic mass is 10.0. The van der Waals surface area contributed by atoms with Crippen LogP contribution in [0.2, 0.25) is 0 Å². The number of aliphatic hydroxyl groups excluding tert-OH is 1. The first-order valence-corrected chi connectivity index (χ1v) is 9.24.